The van der Waals surface area contributed by atoms with Crippen molar-refractivity contribution in [1.82, 2.24) is 9.55 Å². The minimum atomic E-state index is -0.868. The van der Waals surface area contributed by atoms with Crippen LogP contribution in [-0.4, -0.2) is 9.55 Å². The molecule has 1 aromatic carbocycles. The number of anilines is 1. The highest BCUT2D eigenvalue weighted by atomic mass is 19.1. The molecule has 0 bridgehead atoms. The Morgan fingerprint density at radius 2 is 2.12 bits per heavy atom. The van der Waals surface area contributed by atoms with E-state index in [1.54, 1.807) is 6.07 Å². The smallest absolute Gasteiger partial charge is 0.217 e. The molecule has 0 amide bonds. The molecule has 0 radical (unpaired) electrons. The number of imidazole rings is 1. The monoisotopic (exact) mass is 220 g/mol. The number of benzene rings is 1. The van der Waals surface area contributed by atoms with E-state index in [9.17, 15) is 8.78 Å². The maximum atomic E-state index is 13.2. The molecule has 0 saturated heterocycles. The first kappa shape index (κ1) is 10.1. The van der Waals surface area contributed by atoms with Crippen molar-refractivity contribution in [3.63, 3.8) is 0 Å². The van der Waals surface area contributed by atoms with Crippen molar-refractivity contribution in [3.05, 3.63) is 42.0 Å². The van der Waals surface area contributed by atoms with Gasteiger partial charge in [-0.1, -0.05) is 0 Å². The van der Waals surface area contributed by atoms with E-state index < -0.39 is 11.6 Å². The van der Waals surface area contributed by atoms with Crippen LogP contribution in [0.25, 0.3) is 5.69 Å². The summed E-state index contributed by atoms with van der Waals surface area (Å²) in [6.45, 7) is 0. The van der Waals surface area contributed by atoms with Crippen LogP contribution < -0.4 is 5.73 Å². The largest absolute Gasteiger partial charge is 0.395 e. The molecule has 4 nitrogen and oxygen atoms in total. The molecule has 0 saturated carbocycles. The van der Waals surface area contributed by atoms with Gasteiger partial charge in [0.25, 0.3) is 0 Å². The Labute approximate surface area is 89.6 Å². The first-order chi connectivity index (χ1) is 7.63. The third-order valence-electron chi connectivity index (χ3n) is 2.07. The van der Waals surface area contributed by atoms with E-state index in [1.807, 2.05) is 0 Å². The standard InChI is InChI=1S/C10H6F2N4/c11-6-3-7(12)10(14)8(4-6)16-2-1-15-9(16)5-13/h1-4H,14H2. The van der Waals surface area contributed by atoms with E-state index in [-0.39, 0.29) is 17.2 Å². The van der Waals surface area contributed by atoms with Crippen LogP contribution in [0.15, 0.2) is 24.5 Å². The van der Waals surface area contributed by atoms with E-state index >= 15 is 0 Å². The molecule has 2 N–H and O–H groups in total. The van der Waals surface area contributed by atoms with Crippen molar-refractivity contribution < 1.29 is 8.78 Å². The van der Waals surface area contributed by atoms with Crippen molar-refractivity contribution in [3.8, 4) is 11.8 Å². The third kappa shape index (κ3) is 1.48. The van der Waals surface area contributed by atoms with Crippen molar-refractivity contribution in [1.29, 1.82) is 5.26 Å². The van der Waals surface area contributed by atoms with Crippen LogP contribution in [0.2, 0.25) is 0 Å². The lowest BCUT2D eigenvalue weighted by Gasteiger charge is -2.08. The van der Waals surface area contributed by atoms with Crippen LogP contribution in [0.1, 0.15) is 5.82 Å². The Balaban J connectivity index is 2.70. The quantitative estimate of drug-likeness (QED) is 0.742. The van der Waals surface area contributed by atoms with Gasteiger partial charge in [0.2, 0.25) is 5.82 Å². The number of rotatable bonds is 1. The number of nitrogen functional groups attached to an aromatic ring is 1. The average Bonchev–Trinajstić information content (AvgIpc) is 2.71. The van der Waals surface area contributed by atoms with Gasteiger partial charge < -0.3 is 5.73 Å². The average molecular weight is 220 g/mol. The highest BCUT2D eigenvalue weighted by Crippen LogP contribution is 2.23. The summed E-state index contributed by atoms with van der Waals surface area (Å²) in [5.74, 6) is -1.62. The lowest BCUT2D eigenvalue weighted by Crippen LogP contribution is -2.04. The second-order valence-corrected chi connectivity index (χ2v) is 3.05. The Hall–Kier alpha value is -2.42. The van der Waals surface area contributed by atoms with Gasteiger partial charge in [-0.15, -0.1) is 0 Å². The number of aromatic nitrogens is 2. The number of hydrogen-bond donors (Lipinski definition) is 1. The number of halogens is 2. The summed E-state index contributed by atoms with van der Waals surface area (Å²) < 4.78 is 27.4. The summed E-state index contributed by atoms with van der Waals surface area (Å²) >= 11 is 0. The predicted octanol–water partition coefficient (Wildman–Crippen LogP) is 1.60. The van der Waals surface area contributed by atoms with Gasteiger partial charge in [-0.2, -0.15) is 5.26 Å². The minimum Gasteiger partial charge on any atom is -0.395 e. The van der Waals surface area contributed by atoms with Crippen molar-refractivity contribution in [2.45, 2.75) is 0 Å². The molecule has 6 heteroatoms. The van der Waals surface area contributed by atoms with Crippen LogP contribution in [0.3, 0.4) is 0 Å². The van der Waals surface area contributed by atoms with Gasteiger partial charge in [-0.3, -0.25) is 4.57 Å². The maximum Gasteiger partial charge on any atom is 0.217 e. The second-order valence-electron chi connectivity index (χ2n) is 3.05. The van der Waals surface area contributed by atoms with Gasteiger partial charge in [-0.25, -0.2) is 13.8 Å². The molecule has 16 heavy (non-hydrogen) atoms. The maximum absolute atomic E-state index is 13.2. The van der Waals surface area contributed by atoms with E-state index in [0.29, 0.717) is 6.07 Å². The molecule has 1 heterocycles. The van der Waals surface area contributed by atoms with Crippen molar-refractivity contribution in [2.75, 3.05) is 5.73 Å². The number of nitriles is 1. The van der Waals surface area contributed by atoms with Gasteiger partial charge in [0.1, 0.15) is 11.9 Å². The molecule has 2 aromatic rings. The Morgan fingerprint density at radius 3 is 2.81 bits per heavy atom. The van der Waals surface area contributed by atoms with Crippen LogP contribution in [0, 0.1) is 23.0 Å². The topological polar surface area (TPSA) is 67.6 Å². The van der Waals surface area contributed by atoms with Crippen LogP contribution >= 0.6 is 0 Å². The van der Waals surface area contributed by atoms with Crippen LogP contribution in [0.5, 0.6) is 0 Å². The molecule has 1 aromatic heterocycles. The summed E-state index contributed by atoms with van der Waals surface area (Å²) in [6, 6.07) is 3.52. The zero-order valence-corrected chi connectivity index (χ0v) is 7.98. The molecule has 0 spiro atoms. The SMILES string of the molecule is N#Cc1nccn1-c1cc(F)cc(F)c1N. The number of hydrogen-bond acceptors (Lipinski definition) is 3. The zero-order valence-electron chi connectivity index (χ0n) is 7.98. The molecular weight excluding hydrogens is 214 g/mol. The molecular formula is C10H6F2N4. The molecule has 0 atom stereocenters. The summed E-state index contributed by atoms with van der Waals surface area (Å²) in [4.78, 5) is 3.71. The summed E-state index contributed by atoms with van der Waals surface area (Å²) in [7, 11) is 0. The molecule has 0 aliphatic carbocycles. The zero-order chi connectivity index (χ0) is 11.7. The fraction of sp³-hybridized carbons (Fsp3) is 0. The van der Waals surface area contributed by atoms with Gasteiger partial charge in [-0.05, 0) is 0 Å². The second kappa shape index (κ2) is 3.62. The van der Waals surface area contributed by atoms with Crippen LogP contribution in [-0.2, 0) is 0 Å². The Morgan fingerprint density at radius 1 is 1.38 bits per heavy atom. The molecule has 0 aliphatic heterocycles. The van der Waals surface area contributed by atoms with Gasteiger partial charge in [0.05, 0.1) is 11.4 Å². The Kier molecular flexibility index (Phi) is 2.29. The van der Waals surface area contributed by atoms with E-state index in [1.165, 1.54) is 17.0 Å². The third-order valence-corrected chi connectivity index (χ3v) is 2.07. The molecule has 80 valence electrons. The normalized spacial score (nSPS) is 10.1. The van der Waals surface area contributed by atoms with E-state index in [0.717, 1.165) is 6.07 Å². The Bertz CT molecular complexity index is 583. The molecule has 0 aliphatic rings. The van der Waals surface area contributed by atoms with Crippen LogP contribution in [0.4, 0.5) is 14.5 Å². The number of nitrogens with zero attached hydrogens (tertiary/aromatic N) is 3. The summed E-state index contributed by atoms with van der Waals surface area (Å²) in [6.07, 6.45) is 2.75. The van der Waals surface area contributed by atoms with Gasteiger partial charge >= 0.3 is 0 Å². The first-order valence-electron chi connectivity index (χ1n) is 4.32. The van der Waals surface area contributed by atoms with Crippen molar-refractivity contribution >= 4 is 5.69 Å². The lowest BCUT2D eigenvalue weighted by atomic mass is 10.2. The summed E-state index contributed by atoms with van der Waals surface area (Å²) in [5, 5.41) is 8.74. The summed E-state index contributed by atoms with van der Waals surface area (Å²) in [5.41, 5.74) is 5.30. The number of nitrogens with two attached hydrogens (primary N) is 1. The minimum absolute atomic E-state index is 0.0108. The van der Waals surface area contributed by atoms with E-state index in [2.05, 4.69) is 4.98 Å². The molecule has 0 unspecified atom stereocenters. The highest BCUT2D eigenvalue weighted by Gasteiger charge is 2.12. The van der Waals surface area contributed by atoms with Gasteiger partial charge in [0.15, 0.2) is 5.82 Å². The molecule has 0 fully saturated rings. The lowest BCUT2D eigenvalue weighted by molar-refractivity contribution is 0.584. The van der Waals surface area contributed by atoms with Gasteiger partial charge in [0, 0.05) is 24.5 Å². The predicted molar refractivity (Wildman–Crippen MR) is 52.6 cm³/mol. The fourth-order valence-corrected chi connectivity index (χ4v) is 1.35. The fourth-order valence-electron chi connectivity index (χ4n) is 1.35. The van der Waals surface area contributed by atoms with Crippen molar-refractivity contribution in [2.24, 2.45) is 0 Å². The van der Waals surface area contributed by atoms with E-state index in [4.69, 9.17) is 11.0 Å². The first-order valence-corrected chi connectivity index (χ1v) is 4.32. The highest BCUT2D eigenvalue weighted by molar-refractivity contribution is 5.59. The molecule has 2 rings (SSSR count).